The van der Waals surface area contributed by atoms with Crippen molar-refractivity contribution in [1.82, 2.24) is 9.91 Å². The molecule has 0 aromatic heterocycles. The molecule has 0 fully saturated rings. The van der Waals surface area contributed by atoms with Gasteiger partial charge in [0.15, 0.2) is 0 Å². The Bertz CT molecular complexity index is 825. The van der Waals surface area contributed by atoms with E-state index in [1.807, 2.05) is 48.5 Å². The number of amidine groups is 1. The Morgan fingerprint density at radius 2 is 1.79 bits per heavy atom. The Balaban J connectivity index is 2.39. The molecule has 1 aliphatic heterocycles. The Morgan fingerprint density at radius 3 is 2.48 bits per heavy atom. The zero-order chi connectivity index (χ0) is 20.9. The maximum atomic E-state index is 4.86. The second-order valence-corrected chi connectivity index (χ2v) is 6.60. The van der Waals surface area contributed by atoms with Crippen molar-refractivity contribution in [2.24, 2.45) is 5.10 Å². The molecular weight excluding hydrogens is 354 g/mol. The Labute approximate surface area is 175 Å². The molecule has 0 spiro atoms. The summed E-state index contributed by atoms with van der Waals surface area (Å²) in [5.41, 5.74) is 2.36. The van der Waals surface area contributed by atoms with Crippen LogP contribution in [0.2, 0.25) is 0 Å². The largest absolute Gasteiger partial charge is 0.305 e. The smallest absolute Gasteiger partial charge is 0.149 e. The van der Waals surface area contributed by atoms with Crippen LogP contribution in [0.5, 0.6) is 0 Å². The third-order valence-corrected chi connectivity index (χ3v) is 4.43. The normalized spacial score (nSPS) is 17.5. The van der Waals surface area contributed by atoms with Crippen molar-refractivity contribution < 1.29 is 0 Å². The molecule has 0 saturated heterocycles. The van der Waals surface area contributed by atoms with Crippen molar-refractivity contribution in [3.05, 3.63) is 122 Å². The van der Waals surface area contributed by atoms with Gasteiger partial charge in [-0.25, -0.2) is 0 Å². The fourth-order valence-corrected chi connectivity index (χ4v) is 3.19. The van der Waals surface area contributed by atoms with Gasteiger partial charge < -0.3 is 4.90 Å². The second-order valence-electron chi connectivity index (χ2n) is 6.60. The Morgan fingerprint density at radius 1 is 1.00 bits per heavy atom. The number of rotatable bonds is 11. The van der Waals surface area contributed by atoms with Crippen molar-refractivity contribution >= 4 is 5.84 Å². The summed E-state index contributed by atoms with van der Waals surface area (Å²) in [4.78, 5) is 2.32. The zero-order valence-electron chi connectivity index (χ0n) is 17.3. The molecule has 1 aliphatic rings. The van der Waals surface area contributed by atoms with E-state index in [1.165, 1.54) is 5.56 Å². The van der Waals surface area contributed by atoms with Gasteiger partial charge in [-0.2, -0.15) is 5.10 Å². The zero-order valence-corrected chi connectivity index (χ0v) is 17.3. The Kier molecular flexibility index (Phi) is 9.23. The molecule has 2 rings (SSSR count). The van der Waals surface area contributed by atoms with E-state index in [-0.39, 0.29) is 6.17 Å². The molecule has 1 aromatic rings. The molecule has 0 radical (unpaired) electrons. The third kappa shape index (κ3) is 6.35. The lowest BCUT2D eigenvalue weighted by Crippen LogP contribution is -2.33. The molecule has 29 heavy (non-hydrogen) atoms. The van der Waals surface area contributed by atoms with E-state index in [0.717, 1.165) is 30.8 Å². The summed E-state index contributed by atoms with van der Waals surface area (Å²) < 4.78 is 0. The summed E-state index contributed by atoms with van der Waals surface area (Å²) in [6.07, 6.45) is 22.3. The number of nitrogens with zero attached hydrogens (tertiary/aromatic N) is 3. The number of hydrogen-bond donors (Lipinski definition) is 0. The Hall–Kier alpha value is -3.33. The van der Waals surface area contributed by atoms with Crippen molar-refractivity contribution in [2.75, 3.05) is 7.05 Å². The summed E-state index contributed by atoms with van der Waals surface area (Å²) in [5.74, 6) is 1.01. The van der Waals surface area contributed by atoms with E-state index in [4.69, 9.17) is 5.10 Å². The summed E-state index contributed by atoms with van der Waals surface area (Å²) in [6, 6.07) is 10.5. The molecule has 0 N–H and O–H groups in total. The summed E-state index contributed by atoms with van der Waals surface area (Å²) in [7, 11) is 2.03. The highest BCUT2D eigenvalue weighted by atomic mass is 15.6. The van der Waals surface area contributed by atoms with Crippen LogP contribution < -0.4 is 0 Å². The lowest BCUT2D eigenvalue weighted by molar-refractivity contribution is 0.185. The van der Waals surface area contributed by atoms with Gasteiger partial charge in [-0.05, 0) is 18.1 Å². The van der Waals surface area contributed by atoms with Crippen LogP contribution in [0.1, 0.15) is 31.0 Å². The molecule has 1 atom stereocenters. The van der Waals surface area contributed by atoms with E-state index < -0.39 is 0 Å². The number of benzene rings is 1. The van der Waals surface area contributed by atoms with E-state index in [2.05, 4.69) is 73.2 Å². The van der Waals surface area contributed by atoms with Crippen LogP contribution in [-0.2, 0) is 0 Å². The first-order valence-corrected chi connectivity index (χ1v) is 9.89. The van der Waals surface area contributed by atoms with Crippen molar-refractivity contribution in [3.63, 3.8) is 0 Å². The molecule has 150 valence electrons. The maximum absolute atomic E-state index is 4.86. The summed E-state index contributed by atoms with van der Waals surface area (Å²) in [6.45, 7) is 11.4. The molecule has 1 aromatic carbocycles. The number of hydrazone groups is 1. The minimum Gasteiger partial charge on any atom is -0.305 e. The van der Waals surface area contributed by atoms with Gasteiger partial charge in [0.05, 0.1) is 0 Å². The average Bonchev–Trinajstić information content (AvgIpc) is 3.06. The lowest BCUT2D eigenvalue weighted by atomic mass is 10.1. The fraction of sp³-hybridized carbons (Fsp3) is 0.192. The van der Waals surface area contributed by atoms with Gasteiger partial charge in [0.1, 0.15) is 12.0 Å². The molecule has 0 saturated carbocycles. The van der Waals surface area contributed by atoms with Crippen LogP contribution in [0.3, 0.4) is 0 Å². The predicted molar refractivity (Wildman–Crippen MR) is 126 cm³/mol. The van der Waals surface area contributed by atoms with Gasteiger partial charge in [-0.15, -0.1) is 13.2 Å². The topological polar surface area (TPSA) is 18.8 Å². The molecule has 0 aliphatic carbocycles. The van der Waals surface area contributed by atoms with Gasteiger partial charge in [0, 0.05) is 25.6 Å². The molecular formula is C26H31N3. The SMILES string of the molecule is C=C/C=C\C=C/CC1=NN(C)C(c2ccccc2)N1/C(=C/C=C\CC=C)CC=C. The maximum Gasteiger partial charge on any atom is 0.149 e. The fourth-order valence-electron chi connectivity index (χ4n) is 3.19. The van der Waals surface area contributed by atoms with Gasteiger partial charge >= 0.3 is 0 Å². The van der Waals surface area contributed by atoms with E-state index in [1.54, 1.807) is 6.08 Å². The molecule has 0 amide bonds. The summed E-state index contributed by atoms with van der Waals surface area (Å²) >= 11 is 0. The van der Waals surface area contributed by atoms with Crippen LogP contribution in [-0.4, -0.2) is 22.8 Å². The third-order valence-electron chi connectivity index (χ3n) is 4.43. The first kappa shape index (κ1) is 22.0. The molecule has 1 unspecified atom stereocenters. The van der Waals surface area contributed by atoms with Crippen molar-refractivity contribution in [2.45, 2.75) is 25.4 Å². The molecule has 3 heteroatoms. The van der Waals surface area contributed by atoms with Gasteiger partial charge in [-0.1, -0.05) is 91.6 Å². The highest BCUT2D eigenvalue weighted by Crippen LogP contribution is 2.35. The average molecular weight is 386 g/mol. The van der Waals surface area contributed by atoms with E-state index >= 15 is 0 Å². The van der Waals surface area contributed by atoms with Gasteiger partial charge in [0.25, 0.3) is 0 Å². The second kappa shape index (κ2) is 12.2. The highest BCUT2D eigenvalue weighted by Gasteiger charge is 2.34. The van der Waals surface area contributed by atoms with Gasteiger partial charge in [0.2, 0.25) is 0 Å². The first-order chi connectivity index (χ1) is 14.2. The quantitative estimate of drug-likeness (QED) is 0.319. The monoisotopic (exact) mass is 385 g/mol. The molecule has 1 heterocycles. The number of hydrogen-bond acceptors (Lipinski definition) is 3. The van der Waals surface area contributed by atoms with Crippen LogP contribution >= 0.6 is 0 Å². The van der Waals surface area contributed by atoms with Crippen molar-refractivity contribution in [3.8, 4) is 0 Å². The van der Waals surface area contributed by atoms with E-state index in [9.17, 15) is 0 Å². The van der Waals surface area contributed by atoms with Crippen LogP contribution in [0.4, 0.5) is 0 Å². The number of allylic oxidation sites excluding steroid dienone is 9. The first-order valence-electron chi connectivity index (χ1n) is 9.89. The van der Waals surface area contributed by atoms with Crippen LogP contribution in [0, 0.1) is 0 Å². The minimum absolute atomic E-state index is 0.0160. The minimum atomic E-state index is 0.0160. The van der Waals surface area contributed by atoms with E-state index in [0.29, 0.717) is 0 Å². The molecule has 3 nitrogen and oxygen atoms in total. The lowest BCUT2D eigenvalue weighted by Gasteiger charge is -2.32. The predicted octanol–water partition coefficient (Wildman–Crippen LogP) is 6.53. The van der Waals surface area contributed by atoms with Crippen molar-refractivity contribution in [1.29, 1.82) is 0 Å². The highest BCUT2D eigenvalue weighted by molar-refractivity contribution is 5.87. The van der Waals surface area contributed by atoms with Crippen LogP contribution in [0.25, 0.3) is 0 Å². The standard InChI is InChI=1S/C26H31N3/c1-5-8-10-12-17-22-25-27-28(4)26(23-19-14-13-15-20-23)29(25)24(18-7-3)21-16-11-9-6-2/h5-8,10-17,19-21,26H,1-3,9,18,22H2,4H3/b10-8-,16-11-,17-12-,24-21+. The van der Waals surface area contributed by atoms with Gasteiger partial charge in [-0.3, -0.25) is 5.01 Å². The summed E-state index contributed by atoms with van der Waals surface area (Å²) in [5, 5.41) is 6.89. The van der Waals surface area contributed by atoms with Crippen LogP contribution in [0.15, 0.2) is 122 Å². The molecule has 0 bridgehead atoms.